The number of carbonyl (C=O) groups is 6. The third kappa shape index (κ3) is 12.0. The average Bonchev–Trinajstić information content (AvgIpc) is 3.03. The highest BCUT2D eigenvalue weighted by Crippen LogP contribution is 2.28. The molecule has 15 heteroatoms. The minimum Gasteiger partial charge on any atom is -0.463 e. The summed E-state index contributed by atoms with van der Waals surface area (Å²) >= 11 is 0. The summed E-state index contributed by atoms with van der Waals surface area (Å²) in [5.41, 5.74) is 1.36. The van der Waals surface area contributed by atoms with Crippen LogP contribution in [-0.4, -0.2) is 86.3 Å². The van der Waals surface area contributed by atoms with Crippen molar-refractivity contribution in [1.82, 2.24) is 10.6 Å². The van der Waals surface area contributed by atoms with E-state index in [-0.39, 0.29) is 13.2 Å². The minimum absolute atomic E-state index is 0.101. The molecule has 1 heterocycles. The summed E-state index contributed by atoms with van der Waals surface area (Å²) in [4.78, 5) is 74.8. The second-order valence-corrected chi connectivity index (χ2v) is 10.4. The van der Waals surface area contributed by atoms with Gasteiger partial charge in [0.2, 0.25) is 5.91 Å². The van der Waals surface area contributed by atoms with Gasteiger partial charge in [0.1, 0.15) is 38.0 Å². The lowest BCUT2D eigenvalue weighted by Crippen LogP contribution is -2.66. The highest BCUT2D eigenvalue weighted by Gasteiger charge is 2.51. The average molecular weight is 659 g/mol. The fourth-order valence-electron chi connectivity index (χ4n) is 4.62. The zero-order valence-corrected chi connectivity index (χ0v) is 26.4. The van der Waals surface area contributed by atoms with E-state index in [1.54, 1.807) is 60.7 Å². The van der Waals surface area contributed by atoms with Crippen molar-refractivity contribution in [2.24, 2.45) is 0 Å². The van der Waals surface area contributed by atoms with Crippen LogP contribution in [0.25, 0.3) is 0 Å². The van der Waals surface area contributed by atoms with Crippen molar-refractivity contribution in [2.45, 2.75) is 77.1 Å². The van der Waals surface area contributed by atoms with E-state index in [0.717, 1.165) is 20.8 Å². The van der Waals surface area contributed by atoms with Gasteiger partial charge < -0.3 is 43.8 Å². The number of rotatable bonds is 14. The zero-order valence-electron chi connectivity index (χ0n) is 26.4. The van der Waals surface area contributed by atoms with Crippen LogP contribution in [0.5, 0.6) is 0 Å². The Morgan fingerprint density at radius 2 is 1.30 bits per heavy atom. The number of benzene rings is 2. The number of carbonyl (C=O) groups excluding carboxylic acids is 6. The summed E-state index contributed by atoms with van der Waals surface area (Å²) in [6.07, 6.45) is -6.81. The molecule has 6 atom stereocenters. The Balaban J connectivity index is 1.80. The van der Waals surface area contributed by atoms with E-state index in [0.29, 0.717) is 11.1 Å². The van der Waals surface area contributed by atoms with E-state index in [9.17, 15) is 28.8 Å². The van der Waals surface area contributed by atoms with Crippen molar-refractivity contribution in [3.05, 3.63) is 71.8 Å². The van der Waals surface area contributed by atoms with E-state index in [1.165, 1.54) is 7.11 Å². The number of esters is 4. The normalized spacial score (nSPS) is 20.9. The molecular weight excluding hydrogens is 620 g/mol. The Morgan fingerprint density at radius 3 is 1.83 bits per heavy atom. The van der Waals surface area contributed by atoms with Gasteiger partial charge in [0.05, 0.1) is 6.42 Å². The topological polar surface area (TPSA) is 191 Å². The van der Waals surface area contributed by atoms with Crippen LogP contribution < -0.4 is 10.6 Å². The van der Waals surface area contributed by atoms with Gasteiger partial charge >= 0.3 is 30.0 Å². The first-order valence-corrected chi connectivity index (χ1v) is 14.6. The fraction of sp³-hybridized carbons (Fsp3) is 0.438. The summed E-state index contributed by atoms with van der Waals surface area (Å²) in [6.45, 7) is 2.75. The van der Waals surface area contributed by atoms with E-state index >= 15 is 0 Å². The highest BCUT2D eigenvalue weighted by molar-refractivity contribution is 5.88. The van der Waals surface area contributed by atoms with Crippen LogP contribution in [0, 0.1) is 0 Å². The lowest BCUT2D eigenvalue weighted by atomic mass is 9.95. The largest absolute Gasteiger partial charge is 0.463 e. The molecule has 2 aromatic carbocycles. The fourth-order valence-corrected chi connectivity index (χ4v) is 4.62. The molecule has 1 saturated heterocycles. The molecule has 15 nitrogen and oxygen atoms in total. The Bertz CT molecular complexity index is 1370. The molecule has 0 spiro atoms. The number of hydrogen-bond donors (Lipinski definition) is 2. The molecule has 2 amide bonds. The molecule has 0 aromatic heterocycles. The summed E-state index contributed by atoms with van der Waals surface area (Å²) in [7, 11) is 1.25. The molecule has 3 rings (SSSR count). The molecular formula is C32H38N2O13. The van der Waals surface area contributed by atoms with E-state index < -0.39 is 85.6 Å². The third-order valence-electron chi connectivity index (χ3n) is 6.66. The van der Waals surface area contributed by atoms with Crippen LogP contribution in [0.4, 0.5) is 4.79 Å². The van der Waals surface area contributed by atoms with Gasteiger partial charge in [-0.05, 0) is 11.1 Å². The first kappa shape index (κ1) is 36.4. The quantitative estimate of drug-likeness (QED) is 0.220. The van der Waals surface area contributed by atoms with E-state index in [1.807, 2.05) is 0 Å². The maximum Gasteiger partial charge on any atom is 0.408 e. The lowest BCUT2D eigenvalue weighted by molar-refractivity contribution is -0.271. The molecule has 1 aliphatic rings. The van der Waals surface area contributed by atoms with Gasteiger partial charge in [-0.25, -0.2) is 9.59 Å². The molecule has 0 saturated carbocycles. The number of methoxy groups -OCH3 is 1. The summed E-state index contributed by atoms with van der Waals surface area (Å²) < 4.78 is 37.7. The van der Waals surface area contributed by atoms with Crippen molar-refractivity contribution in [1.29, 1.82) is 0 Å². The van der Waals surface area contributed by atoms with Gasteiger partial charge in [0.15, 0.2) is 18.5 Å². The van der Waals surface area contributed by atoms with Gasteiger partial charge in [-0.15, -0.1) is 0 Å². The molecule has 0 bridgehead atoms. The molecule has 2 aromatic rings. The van der Waals surface area contributed by atoms with Crippen LogP contribution in [0.3, 0.4) is 0 Å². The highest BCUT2D eigenvalue weighted by atomic mass is 16.7. The van der Waals surface area contributed by atoms with Gasteiger partial charge in [-0.1, -0.05) is 60.7 Å². The Labute approximate surface area is 271 Å². The maximum atomic E-state index is 13.4. The molecule has 254 valence electrons. The second kappa shape index (κ2) is 18.2. The minimum atomic E-state index is -1.51. The van der Waals surface area contributed by atoms with Crippen LogP contribution in [0.2, 0.25) is 0 Å². The molecule has 0 unspecified atom stereocenters. The van der Waals surface area contributed by atoms with Crippen molar-refractivity contribution < 1.29 is 61.9 Å². The maximum absolute atomic E-state index is 13.4. The summed E-state index contributed by atoms with van der Waals surface area (Å²) in [5.74, 6) is -3.98. The Kier molecular flexibility index (Phi) is 14.1. The summed E-state index contributed by atoms with van der Waals surface area (Å²) in [5, 5.41) is 4.96. The van der Waals surface area contributed by atoms with Gasteiger partial charge in [0.25, 0.3) is 0 Å². The molecule has 1 fully saturated rings. The number of nitrogens with one attached hydrogen (secondary N) is 2. The first-order valence-electron chi connectivity index (χ1n) is 14.6. The second-order valence-electron chi connectivity index (χ2n) is 10.4. The lowest BCUT2D eigenvalue weighted by Gasteiger charge is -2.44. The standard InChI is InChI=1S/C32H38N2O13/c1-19(35)42-18-25-28(45-20(2)36)29(46-21(3)37)27(31(41-4)47-25)34-26(38)15-24(30(39)43-16-22-11-7-5-8-12-22)33-32(40)44-17-23-13-9-6-10-14-23/h5-14,24-25,27-29,31H,15-18H2,1-4H3,(H,33,40)(H,34,38)/t24-,25+,27+,28+,29+,31+/m0/s1. The zero-order chi connectivity index (χ0) is 34.3. The monoisotopic (exact) mass is 658 g/mol. The van der Waals surface area contributed by atoms with E-state index in [4.69, 9.17) is 33.2 Å². The SMILES string of the molecule is CO[C@@H]1O[C@H](COC(C)=O)[C@@H](OC(C)=O)[C@H](OC(C)=O)[C@H]1NC(=O)C[C@H](NC(=O)OCc1ccccc1)C(=O)OCc1ccccc1. The van der Waals surface area contributed by atoms with Crippen LogP contribution in [-0.2, 0) is 70.3 Å². The van der Waals surface area contributed by atoms with Crippen LogP contribution in [0.15, 0.2) is 60.7 Å². The summed E-state index contributed by atoms with van der Waals surface area (Å²) in [6, 6.07) is 14.8. The van der Waals surface area contributed by atoms with Crippen molar-refractivity contribution in [3.63, 3.8) is 0 Å². The van der Waals surface area contributed by atoms with Crippen molar-refractivity contribution in [3.8, 4) is 0 Å². The van der Waals surface area contributed by atoms with Gasteiger partial charge in [-0.2, -0.15) is 0 Å². The molecule has 1 aliphatic heterocycles. The number of alkyl carbamates (subject to hydrolysis) is 1. The van der Waals surface area contributed by atoms with Gasteiger partial charge in [0, 0.05) is 27.9 Å². The smallest absolute Gasteiger partial charge is 0.408 e. The third-order valence-corrected chi connectivity index (χ3v) is 6.66. The predicted octanol–water partition coefficient (Wildman–Crippen LogP) is 1.70. The van der Waals surface area contributed by atoms with Crippen LogP contribution >= 0.6 is 0 Å². The first-order chi connectivity index (χ1) is 22.5. The number of hydrogen-bond acceptors (Lipinski definition) is 13. The predicted molar refractivity (Wildman–Crippen MR) is 160 cm³/mol. The molecule has 0 radical (unpaired) electrons. The molecule has 47 heavy (non-hydrogen) atoms. The van der Waals surface area contributed by atoms with Crippen LogP contribution in [0.1, 0.15) is 38.3 Å². The van der Waals surface area contributed by atoms with Crippen molar-refractivity contribution in [2.75, 3.05) is 13.7 Å². The molecule has 2 N–H and O–H groups in total. The van der Waals surface area contributed by atoms with Gasteiger partial charge in [-0.3, -0.25) is 19.2 Å². The van der Waals surface area contributed by atoms with E-state index in [2.05, 4.69) is 10.6 Å². The number of amides is 2. The number of ether oxygens (including phenoxy) is 7. The van der Waals surface area contributed by atoms with Crippen molar-refractivity contribution >= 4 is 35.9 Å². The molecule has 0 aliphatic carbocycles. The Hall–Kier alpha value is -5.02. The Morgan fingerprint density at radius 1 is 0.745 bits per heavy atom.